The number of nitrogens with one attached hydrogen (secondary N) is 1. The number of rotatable bonds is 5. The second-order valence-corrected chi connectivity index (χ2v) is 6.66. The Morgan fingerprint density at radius 1 is 1.45 bits per heavy atom. The van der Waals surface area contributed by atoms with E-state index < -0.39 is 0 Å². The first-order chi connectivity index (χ1) is 9.78. The smallest absolute Gasteiger partial charge is 0.203 e. The second kappa shape index (κ2) is 6.00. The Morgan fingerprint density at radius 2 is 2.25 bits per heavy atom. The molecule has 1 N–H and O–H groups in total. The minimum atomic E-state index is 0.403. The van der Waals surface area contributed by atoms with Gasteiger partial charge in [-0.3, -0.25) is 0 Å². The Hall–Kier alpha value is -1.29. The molecule has 1 unspecified atom stereocenters. The van der Waals surface area contributed by atoms with Crippen LogP contribution in [0.5, 0.6) is 0 Å². The van der Waals surface area contributed by atoms with Crippen molar-refractivity contribution in [2.75, 3.05) is 5.32 Å². The maximum Gasteiger partial charge on any atom is 0.203 e. The molecule has 2 aromatic rings. The molecule has 0 radical (unpaired) electrons. The first-order valence-electron chi connectivity index (χ1n) is 7.63. The van der Waals surface area contributed by atoms with Crippen LogP contribution in [0.25, 0.3) is 0 Å². The summed E-state index contributed by atoms with van der Waals surface area (Å²) in [6, 6.07) is 5.38. The topological polar surface area (TPSA) is 29.9 Å². The number of aromatic nitrogens is 2. The highest BCUT2D eigenvalue weighted by Crippen LogP contribution is 2.30. The van der Waals surface area contributed by atoms with Crippen LogP contribution in [0.2, 0.25) is 0 Å². The fourth-order valence-electron chi connectivity index (χ4n) is 3.13. The minimum absolute atomic E-state index is 0.403. The van der Waals surface area contributed by atoms with E-state index in [1.807, 2.05) is 11.3 Å². The van der Waals surface area contributed by atoms with E-state index in [0.29, 0.717) is 12.1 Å². The molecule has 1 fully saturated rings. The van der Waals surface area contributed by atoms with Crippen LogP contribution in [-0.4, -0.2) is 15.6 Å². The van der Waals surface area contributed by atoms with Crippen LogP contribution in [0.3, 0.4) is 0 Å². The summed E-state index contributed by atoms with van der Waals surface area (Å²) >= 11 is 1.83. The van der Waals surface area contributed by atoms with Gasteiger partial charge in [0.1, 0.15) is 0 Å². The molecule has 1 saturated carbocycles. The molecule has 0 saturated heterocycles. The molecule has 1 aliphatic rings. The van der Waals surface area contributed by atoms with E-state index >= 15 is 0 Å². The Labute approximate surface area is 125 Å². The lowest BCUT2D eigenvalue weighted by Gasteiger charge is -2.20. The average molecular weight is 289 g/mol. The standard InChI is InChI=1S/C16H23N3S/c1-3-14(15-9-6-10-20-15)19-11-12(2)17-16(19)18-13-7-4-5-8-13/h6,9-11,13-14H,3-5,7-8H2,1-2H3,(H,17,18). The number of anilines is 1. The van der Waals surface area contributed by atoms with E-state index in [1.165, 1.54) is 30.6 Å². The van der Waals surface area contributed by atoms with Gasteiger partial charge in [0, 0.05) is 17.1 Å². The van der Waals surface area contributed by atoms with Gasteiger partial charge in [0.05, 0.1) is 11.7 Å². The van der Waals surface area contributed by atoms with Gasteiger partial charge in [-0.25, -0.2) is 4.98 Å². The van der Waals surface area contributed by atoms with Crippen molar-refractivity contribution in [1.82, 2.24) is 9.55 Å². The molecular weight excluding hydrogens is 266 g/mol. The summed E-state index contributed by atoms with van der Waals surface area (Å²) in [5.74, 6) is 1.05. The van der Waals surface area contributed by atoms with E-state index in [1.54, 1.807) is 0 Å². The first-order valence-corrected chi connectivity index (χ1v) is 8.51. The number of hydrogen-bond acceptors (Lipinski definition) is 3. The SMILES string of the molecule is CCC(c1cccs1)n1cc(C)nc1NC1CCCC1. The Bertz CT molecular complexity index is 538. The molecule has 0 amide bonds. The van der Waals surface area contributed by atoms with Gasteiger partial charge in [-0.2, -0.15) is 0 Å². The number of aryl methyl sites for hydroxylation is 1. The Morgan fingerprint density at radius 3 is 2.90 bits per heavy atom. The summed E-state index contributed by atoms with van der Waals surface area (Å²) in [4.78, 5) is 6.13. The molecule has 0 spiro atoms. The quantitative estimate of drug-likeness (QED) is 0.871. The zero-order valence-corrected chi connectivity index (χ0v) is 13.1. The van der Waals surface area contributed by atoms with Crippen molar-refractivity contribution >= 4 is 17.3 Å². The molecule has 0 aromatic carbocycles. The Balaban J connectivity index is 1.87. The van der Waals surface area contributed by atoms with Crippen LogP contribution in [0.1, 0.15) is 55.6 Å². The summed E-state index contributed by atoms with van der Waals surface area (Å²) in [6.45, 7) is 4.33. The van der Waals surface area contributed by atoms with Crippen LogP contribution in [0.4, 0.5) is 5.95 Å². The van der Waals surface area contributed by atoms with Gasteiger partial charge in [-0.15, -0.1) is 11.3 Å². The third-order valence-electron chi connectivity index (χ3n) is 4.14. The lowest BCUT2D eigenvalue weighted by Crippen LogP contribution is -2.20. The summed E-state index contributed by atoms with van der Waals surface area (Å²) in [5, 5.41) is 5.82. The molecule has 1 atom stereocenters. The number of nitrogens with zero attached hydrogens (tertiary/aromatic N) is 2. The van der Waals surface area contributed by atoms with E-state index in [4.69, 9.17) is 4.98 Å². The Kier molecular flexibility index (Phi) is 4.10. The van der Waals surface area contributed by atoms with Gasteiger partial charge in [0.2, 0.25) is 5.95 Å². The minimum Gasteiger partial charge on any atom is -0.353 e. The van der Waals surface area contributed by atoms with Crippen molar-refractivity contribution in [3.05, 3.63) is 34.3 Å². The van der Waals surface area contributed by atoms with Crippen molar-refractivity contribution in [3.63, 3.8) is 0 Å². The molecular formula is C16H23N3S. The monoisotopic (exact) mass is 289 g/mol. The number of imidazole rings is 1. The molecule has 0 aliphatic heterocycles. The zero-order chi connectivity index (χ0) is 13.9. The van der Waals surface area contributed by atoms with Crippen molar-refractivity contribution in [1.29, 1.82) is 0 Å². The summed E-state index contributed by atoms with van der Waals surface area (Å²) in [5.41, 5.74) is 1.10. The van der Waals surface area contributed by atoms with Gasteiger partial charge < -0.3 is 9.88 Å². The van der Waals surface area contributed by atoms with Crippen LogP contribution in [0.15, 0.2) is 23.7 Å². The van der Waals surface area contributed by atoms with Crippen molar-refractivity contribution < 1.29 is 0 Å². The van der Waals surface area contributed by atoms with Crippen LogP contribution < -0.4 is 5.32 Å². The summed E-state index contributed by atoms with van der Waals surface area (Å²) < 4.78 is 2.33. The highest BCUT2D eigenvalue weighted by molar-refractivity contribution is 7.10. The lowest BCUT2D eigenvalue weighted by molar-refractivity contribution is 0.574. The number of hydrogen-bond donors (Lipinski definition) is 1. The average Bonchev–Trinajstić information content (AvgIpc) is 3.14. The molecule has 1 aliphatic carbocycles. The van der Waals surface area contributed by atoms with E-state index in [-0.39, 0.29) is 0 Å². The molecule has 3 nitrogen and oxygen atoms in total. The summed E-state index contributed by atoms with van der Waals surface area (Å²) in [7, 11) is 0. The molecule has 3 rings (SSSR count). The normalized spacial score (nSPS) is 17.5. The fraction of sp³-hybridized carbons (Fsp3) is 0.562. The third-order valence-corrected chi connectivity index (χ3v) is 5.11. The molecule has 108 valence electrons. The highest BCUT2D eigenvalue weighted by Gasteiger charge is 2.21. The number of thiophene rings is 1. The fourth-order valence-corrected chi connectivity index (χ4v) is 4.04. The van der Waals surface area contributed by atoms with Crippen LogP contribution in [0, 0.1) is 6.92 Å². The van der Waals surface area contributed by atoms with Gasteiger partial charge >= 0.3 is 0 Å². The van der Waals surface area contributed by atoms with E-state index in [2.05, 4.69) is 47.4 Å². The van der Waals surface area contributed by atoms with Gasteiger partial charge in [0.15, 0.2) is 0 Å². The van der Waals surface area contributed by atoms with Gasteiger partial charge in [0.25, 0.3) is 0 Å². The van der Waals surface area contributed by atoms with Crippen molar-refractivity contribution in [3.8, 4) is 0 Å². The predicted molar refractivity (Wildman–Crippen MR) is 85.6 cm³/mol. The summed E-state index contributed by atoms with van der Waals surface area (Å²) in [6.07, 6.45) is 8.53. The van der Waals surface area contributed by atoms with Crippen LogP contribution >= 0.6 is 11.3 Å². The predicted octanol–water partition coefficient (Wildman–Crippen LogP) is 4.61. The second-order valence-electron chi connectivity index (χ2n) is 5.68. The highest BCUT2D eigenvalue weighted by atomic mass is 32.1. The lowest BCUT2D eigenvalue weighted by atomic mass is 10.2. The van der Waals surface area contributed by atoms with E-state index in [0.717, 1.165) is 18.1 Å². The molecule has 2 heterocycles. The molecule has 2 aromatic heterocycles. The van der Waals surface area contributed by atoms with Crippen molar-refractivity contribution in [2.24, 2.45) is 0 Å². The maximum atomic E-state index is 4.71. The molecule has 4 heteroatoms. The maximum absolute atomic E-state index is 4.71. The molecule has 0 bridgehead atoms. The van der Waals surface area contributed by atoms with Gasteiger partial charge in [-0.05, 0) is 37.6 Å². The zero-order valence-electron chi connectivity index (χ0n) is 12.3. The van der Waals surface area contributed by atoms with Gasteiger partial charge in [-0.1, -0.05) is 25.8 Å². The van der Waals surface area contributed by atoms with Crippen LogP contribution in [-0.2, 0) is 0 Å². The first kappa shape index (κ1) is 13.7. The third kappa shape index (κ3) is 2.75. The molecule has 20 heavy (non-hydrogen) atoms. The van der Waals surface area contributed by atoms with E-state index in [9.17, 15) is 0 Å². The largest absolute Gasteiger partial charge is 0.353 e. The van der Waals surface area contributed by atoms with Crippen molar-refractivity contribution in [2.45, 2.75) is 58.0 Å².